The molecule has 0 fully saturated rings. The van der Waals surface area contributed by atoms with Crippen LogP contribution in [0.2, 0.25) is 5.02 Å². The molecule has 0 saturated carbocycles. The maximum absolute atomic E-state index is 6.24. The molecule has 1 aromatic rings. The van der Waals surface area contributed by atoms with Crippen molar-refractivity contribution in [3.8, 4) is 0 Å². The Labute approximate surface area is 119 Å². The zero-order valence-electron chi connectivity index (χ0n) is 10.8. The van der Waals surface area contributed by atoms with Gasteiger partial charge in [-0.05, 0) is 18.2 Å². The first-order valence-electron chi connectivity index (χ1n) is 5.88. The molecule has 5 heteroatoms. The second kappa shape index (κ2) is 7.69. The van der Waals surface area contributed by atoms with E-state index in [1.165, 1.54) is 0 Å². The molecular weight excluding hydrogens is 268 g/mol. The van der Waals surface area contributed by atoms with Crippen molar-refractivity contribution in [2.75, 3.05) is 26.8 Å². The van der Waals surface area contributed by atoms with Gasteiger partial charge in [0.2, 0.25) is 0 Å². The molecule has 0 unspecified atom stereocenters. The van der Waals surface area contributed by atoms with Crippen LogP contribution in [-0.2, 0) is 11.3 Å². The average Bonchev–Trinajstić information content (AvgIpc) is 2.35. The monoisotopic (exact) mass is 286 g/mol. The minimum atomic E-state index is 0.371. The lowest BCUT2D eigenvalue weighted by molar-refractivity contribution is 0.147. The fourth-order valence-electron chi connectivity index (χ4n) is 1.64. The van der Waals surface area contributed by atoms with Gasteiger partial charge < -0.3 is 10.5 Å². The van der Waals surface area contributed by atoms with E-state index in [9.17, 15) is 0 Å². The third-order valence-corrected chi connectivity index (χ3v) is 3.38. The Morgan fingerprint density at radius 2 is 2.22 bits per heavy atom. The summed E-state index contributed by atoms with van der Waals surface area (Å²) in [7, 11) is 1.71. The molecule has 0 radical (unpaired) electrons. The fourth-order valence-corrected chi connectivity index (χ4v) is 2.01. The molecule has 0 aliphatic rings. The van der Waals surface area contributed by atoms with Crippen molar-refractivity contribution in [1.29, 1.82) is 0 Å². The number of rotatable bonds is 7. The molecule has 1 aromatic carbocycles. The van der Waals surface area contributed by atoms with Crippen molar-refractivity contribution in [2.45, 2.75) is 13.5 Å². The summed E-state index contributed by atoms with van der Waals surface area (Å²) in [6.45, 7) is 5.48. The van der Waals surface area contributed by atoms with Crippen molar-refractivity contribution in [3.05, 3.63) is 34.3 Å². The molecule has 18 heavy (non-hydrogen) atoms. The topological polar surface area (TPSA) is 38.5 Å². The number of nitrogens with two attached hydrogens (primary N) is 1. The Bertz CT molecular complexity index is 412. The molecule has 1 rings (SSSR count). The molecule has 0 saturated heterocycles. The molecule has 2 N–H and O–H groups in total. The first-order chi connectivity index (χ1) is 8.58. The number of hydrogen-bond acceptors (Lipinski definition) is 3. The van der Waals surface area contributed by atoms with Gasteiger partial charge in [0.05, 0.1) is 6.61 Å². The Morgan fingerprint density at radius 3 is 2.72 bits per heavy atom. The van der Waals surface area contributed by atoms with Crippen LogP contribution in [0.1, 0.15) is 18.1 Å². The number of thiocarbonyl (C=S) groups is 1. The van der Waals surface area contributed by atoms with Crippen LogP contribution < -0.4 is 5.73 Å². The van der Waals surface area contributed by atoms with Crippen molar-refractivity contribution in [3.63, 3.8) is 0 Å². The molecule has 0 spiro atoms. The van der Waals surface area contributed by atoms with E-state index in [2.05, 4.69) is 11.8 Å². The van der Waals surface area contributed by atoms with E-state index in [4.69, 9.17) is 34.3 Å². The predicted molar refractivity (Wildman–Crippen MR) is 80.2 cm³/mol. The lowest BCUT2D eigenvalue weighted by atomic mass is 10.1. The average molecular weight is 287 g/mol. The van der Waals surface area contributed by atoms with E-state index >= 15 is 0 Å². The lowest BCUT2D eigenvalue weighted by Crippen LogP contribution is -2.26. The number of halogens is 1. The van der Waals surface area contributed by atoms with Gasteiger partial charge >= 0.3 is 0 Å². The zero-order valence-corrected chi connectivity index (χ0v) is 12.4. The normalized spacial score (nSPS) is 10.9. The van der Waals surface area contributed by atoms with Gasteiger partial charge in [-0.3, -0.25) is 4.90 Å². The summed E-state index contributed by atoms with van der Waals surface area (Å²) >= 11 is 11.2. The fraction of sp³-hybridized carbons (Fsp3) is 0.462. The summed E-state index contributed by atoms with van der Waals surface area (Å²) in [4.78, 5) is 2.64. The van der Waals surface area contributed by atoms with Crippen LogP contribution in [-0.4, -0.2) is 36.7 Å². The second-order valence-corrected chi connectivity index (χ2v) is 4.88. The standard InChI is InChI=1S/C13H19ClN2OS/c1-3-16(6-7-17-2)9-11-5-4-10(13(15)18)8-12(11)14/h4-5,8H,3,6-7,9H2,1-2H3,(H2,15,18). The first kappa shape index (κ1) is 15.4. The lowest BCUT2D eigenvalue weighted by Gasteiger charge is -2.20. The van der Waals surface area contributed by atoms with Crippen molar-refractivity contribution in [2.24, 2.45) is 5.73 Å². The molecule has 0 aromatic heterocycles. The van der Waals surface area contributed by atoms with Crippen LogP contribution in [0.4, 0.5) is 0 Å². The van der Waals surface area contributed by atoms with E-state index in [0.717, 1.165) is 37.4 Å². The molecule has 0 amide bonds. The van der Waals surface area contributed by atoms with Crippen LogP contribution >= 0.6 is 23.8 Å². The van der Waals surface area contributed by atoms with Crippen LogP contribution in [0.25, 0.3) is 0 Å². The Balaban J connectivity index is 2.74. The summed E-state index contributed by atoms with van der Waals surface area (Å²) in [6, 6.07) is 5.71. The molecule has 0 atom stereocenters. The third kappa shape index (κ3) is 4.53. The molecule has 0 heterocycles. The summed E-state index contributed by atoms with van der Waals surface area (Å²) in [5.41, 5.74) is 7.45. The van der Waals surface area contributed by atoms with Crippen molar-refractivity contribution in [1.82, 2.24) is 4.90 Å². The predicted octanol–water partition coefficient (Wildman–Crippen LogP) is 2.44. The van der Waals surface area contributed by atoms with Gasteiger partial charge in [0.15, 0.2) is 0 Å². The molecule has 3 nitrogen and oxygen atoms in total. The van der Waals surface area contributed by atoms with Crippen LogP contribution in [0, 0.1) is 0 Å². The van der Waals surface area contributed by atoms with Crippen molar-refractivity contribution >= 4 is 28.8 Å². The highest BCUT2D eigenvalue weighted by Gasteiger charge is 2.08. The number of nitrogens with zero attached hydrogens (tertiary/aromatic N) is 1. The van der Waals surface area contributed by atoms with Gasteiger partial charge in [0.25, 0.3) is 0 Å². The SMILES string of the molecule is CCN(CCOC)Cc1ccc(C(N)=S)cc1Cl. The third-order valence-electron chi connectivity index (χ3n) is 2.79. The molecule has 0 aliphatic heterocycles. The highest BCUT2D eigenvalue weighted by Crippen LogP contribution is 2.19. The van der Waals surface area contributed by atoms with Gasteiger partial charge in [0.1, 0.15) is 4.99 Å². The van der Waals surface area contributed by atoms with E-state index in [0.29, 0.717) is 10.0 Å². The Kier molecular flexibility index (Phi) is 6.57. The molecule has 0 aliphatic carbocycles. The zero-order chi connectivity index (χ0) is 13.5. The van der Waals surface area contributed by atoms with Crippen LogP contribution in [0.15, 0.2) is 18.2 Å². The number of hydrogen-bond donors (Lipinski definition) is 1. The molecule has 0 bridgehead atoms. The second-order valence-electron chi connectivity index (χ2n) is 4.03. The van der Waals surface area contributed by atoms with E-state index in [1.807, 2.05) is 18.2 Å². The summed E-state index contributed by atoms with van der Waals surface area (Å²) < 4.78 is 5.08. The highest BCUT2D eigenvalue weighted by atomic mass is 35.5. The molecular formula is C13H19ClN2OS. The number of methoxy groups -OCH3 is 1. The van der Waals surface area contributed by atoms with E-state index < -0.39 is 0 Å². The maximum atomic E-state index is 6.24. The largest absolute Gasteiger partial charge is 0.389 e. The van der Waals surface area contributed by atoms with E-state index in [1.54, 1.807) is 7.11 Å². The van der Waals surface area contributed by atoms with Gasteiger partial charge in [-0.2, -0.15) is 0 Å². The number of likely N-dealkylation sites (N-methyl/N-ethyl adjacent to an activating group) is 1. The molecule has 100 valence electrons. The summed E-state index contributed by atoms with van der Waals surface area (Å²) in [5.74, 6) is 0. The smallest absolute Gasteiger partial charge is 0.104 e. The number of benzene rings is 1. The van der Waals surface area contributed by atoms with E-state index in [-0.39, 0.29) is 0 Å². The van der Waals surface area contributed by atoms with Gasteiger partial charge in [-0.25, -0.2) is 0 Å². The first-order valence-corrected chi connectivity index (χ1v) is 6.66. The van der Waals surface area contributed by atoms with Crippen LogP contribution in [0.3, 0.4) is 0 Å². The quantitative estimate of drug-likeness (QED) is 0.782. The van der Waals surface area contributed by atoms with Gasteiger partial charge in [-0.1, -0.05) is 42.9 Å². The number of ether oxygens (including phenoxy) is 1. The van der Waals surface area contributed by atoms with Gasteiger partial charge in [0, 0.05) is 30.8 Å². The minimum absolute atomic E-state index is 0.371. The Morgan fingerprint density at radius 1 is 1.50 bits per heavy atom. The highest BCUT2D eigenvalue weighted by molar-refractivity contribution is 7.80. The van der Waals surface area contributed by atoms with Crippen molar-refractivity contribution < 1.29 is 4.74 Å². The Hall–Kier alpha value is -0.680. The summed E-state index contributed by atoms with van der Waals surface area (Å²) in [5, 5.41) is 0.705. The maximum Gasteiger partial charge on any atom is 0.104 e. The van der Waals surface area contributed by atoms with Crippen LogP contribution in [0.5, 0.6) is 0 Å². The minimum Gasteiger partial charge on any atom is -0.389 e. The summed E-state index contributed by atoms with van der Waals surface area (Å²) in [6.07, 6.45) is 0. The van der Waals surface area contributed by atoms with Gasteiger partial charge in [-0.15, -0.1) is 0 Å².